The zero-order chi connectivity index (χ0) is 13.1. The van der Waals surface area contributed by atoms with Crippen molar-refractivity contribution in [3.05, 3.63) is 52.0 Å². The number of ether oxygens (including phenoxy) is 2. The lowest BCUT2D eigenvalue weighted by Gasteiger charge is -2.22. The number of nitrogens with zero attached hydrogens (tertiary/aromatic N) is 1. The molecule has 94 valence electrons. The van der Waals surface area contributed by atoms with Crippen LogP contribution in [0.25, 0.3) is 0 Å². The van der Waals surface area contributed by atoms with Crippen LogP contribution >= 0.6 is 0 Å². The van der Waals surface area contributed by atoms with Gasteiger partial charge in [0, 0.05) is 12.1 Å². The fraction of sp³-hybridized carbons (Fsp3) is 0.250. The Hall–Kier alpha value is -2.37. The van der Waals surface area contributed by atoms with Crippen LogP contribution in [0.1, 0.15) is 18.1 Å². The van der Waals surface area contributed by atoms with Gasteiger partial charge in [-0.1, -0.05) is 0 Å². The number of hydrogen-bond acceptors (Lipinski definition) is 5. The molecular weight excluding hydrogens is 238 g/mol. The molecule has 2 rings (SSSR count). The minimum atomic E-state index is -0.475. The van der Waals surface area contributed by atoms with Crippen LogP contribution in [0.3, 0.4) is 0 Å². The minimum Gasteiger partial charge on any atom is -0.469 e. The molecule has 0 bridgehead atoms. The van der Waals surface area contributed by atoms with E-state index in [2.05, 4.69) is 0 Å². The van der Waals surface area contributed by atoms with Crippen LogP contribution in [0.15, 0.2) is 36.3 Å². The van der Waals surface area contributed by atoms with Gasteiger partial charge >= 0.3 is 0 Å². The maximum atomic E-state index is 11.4. The van der Waals surface area contributed by atoms with E-state index >= 15 is 0 Å². The molecule has 0 saturated heterocycles. The molecule has 1 aliphatic heterocycles. The molecule has 0 fully saturated rings. The molecule has 0 aromatic heterocycles. The summed E-state index contributed by atoms with van der Waals surface area (Å²) in [7, 11) is 1.41. The lowest BCUT2D eigenvalue weighted by atomic mass is 10.0. The van der Waals surface area contributed by atoms with Gasteiger partial charge in [-0.15, -0.1) is 0 Å². The summed E-state index contributed by atoms with van der Waals surface area (Å²) in [5.74, 6) is 0.0658. The molecule has 1 aromatic rings. The summed E-state index contributed by atoms with van der Waals surface area (Å²) in [6.07, 6.45) is 1.03. The van der Waals surface area contributed by atoms with Crippen LogP contribution in [-0.4, -0.2) is 17.8 Å². The van der Waals surface area contributed by atoms with Crippen molar-refractivity contribution in [1.29, 1.82) is 0 Å². The summed E-state index contributed by atoms with van der Waals surface area (Å²) in [6, 6.07) is 5.92. The fourth-order valence-electron chi connectivity index (χ4n) is 1.69. The second-order valence-corrected chi connectivity index (χ2v) is 3.79. The van der Waals surface area contributed by atoms with Crippen molar-refractivity contribution in [2.45, 2.75) is 12.5 Å². The van der Waals surface area contributed by atoms with E-state index in [0.29, 0.717) is 5.56 Å². The summed E-state index contributed by atoms with van der Waals surface area (Å²) >= 11 is 0. The predicted octanol–water partition coefficient (Wildman–Crippen LogP) is 2.11. The third-order valence-electron chi connectivity index (χ3n) is 2.60. The van der Waals surface area contributed by atoms with E-state index < -0.39 is 11.0 Å². The molecule has 1 atom stereocenters. The van der Waals surface area contributed by atoms with Crippen LogP contribution in [0.2, 0.25) is 0 Å². The normalized spacial score (nSPS) is 18.8. The third-order valence-corrected chi connectivity index (χ3v) is 2.60. The molecule has 1 unspecified atom stereocenters. The van der Waals surface area contributed by atoms with Crippen LogP contribution in [0.4, 0.5) is 5.69 Å². The number of methoxy groups -OCH3 is 1. The number of hydrogen-bond donors (Lipinski definition) is 0. The quantitative estimate of drug-likeness (QED) is 0.605. The van der Waals surface area contributed by atoms with Gasteiger partial charge in [-0.2, -0.15) is 0 Å². The van der Waals surface area contributed by atoms with Crippen molar-refractivity contribution < 1.29 is 19.2 Å². The SMILES string of the molecule is COC1=CC(=O)CC(c2ccc([N+](=O)[O-])cc2)O1. The zero-order valence-electron chi connectivity index (χ0n) is 9.66. The van der Waals surface area contributed by atoms with E-state index in [1.165, 1.54) is 25.3 Å². The Balaban J connectivity index is 2.20. The predicted molar refractivity (Wildman–Crippen MR) is 61.6 cm³/mol. The Morgan fingerprint density at radius 1 is 1.39 bits per heavy atom. The van der Waals surface area contributed by atoms with Gasteiger partial charge < -0.3 is 9.47 Å². The Labute approximate surface area is 103 Å². The van der Waals surface area contributed by atoms with E-state index in [1.54, 1.807) is 12.1 Å². The first kappa shape index (κ1) is 12.1. The summed E-state index contributed by atoms with van der Waals surface area (Å²) in [5.41, 5.74) is 0.708. The Kier molecular flexibility index (Phi) is 3.27. The zero-order valence-corrected chi connectivity index (χ0v) is 9.66. The highest BCUT2D eigenvalue weighted by Crippen LogP contribution is 2.29. The first-order valence-electron chi connectivity index (χ1n) is 5.29. The second kappa shape index (κ2) is 4.87. The smallest absolute Gasteiger partial charge is 0.283 e. The highest BCUT2D eigenvalue weighted by atomic mass is 16.7. The average molecular weight is 249 g/mol. The van der Waals surface area contributed by atoms with Crippen molar-refractivity contribution in [2.75, 3.05) is 7.11 Å². The molecule has 6 heteroatoms. The maximum absolute atomic E-state index is 11.4. The van der Waals surface area contributed by atoms with Crippen molar-refractivity contribution >= 4 is 11.5 Å². The lowest BCUT2D eigenvalue weighted by Crippen LogP contribution is -2.16. The molecule has 1 aliphatic rings. The summed E-state index contributed by atoms with van der Waals surface area (Å²) in [6.45, 7) is 0. The Bertz CT molecular complexity index is 506. The number of nitro groups is 1. The molecule has 0 saturated carbocycles. The highest BCUT2D eigenvalue weighted by molar-refractivity contribution is 5.91. The Morgan fingerprint density at radius 3 is 2.61 bits per heavy atom. The molecule has 0 radical (unpaired) electrons. The number of carbonyl (C=O) groups excluding carboxylic acids is 1. The molecule has 1 heterocycles. The number of allylic oxidation sites excluding steroid dienone is 1. The van der Waals surface area contributed by atoms with Crippen LogP contribution in [0, 0.1) is 10.1 Å². The molecule has 0 amide bonds. The minimum absolute atomic E-state index is 0.00314. The first-order valence-corrected chi connectivity index (χ1v) is 5.29. The summed E-state index contributed by atoms with van der Waals surface area (Å²) < 4.78 is 10.3. The van der Waals surface area contributed by atoms with Crippen LogP contribution < -0.4 is 0 Å². The summed E-state index contributed by atoms with van der Waals surface area (Å²) in [4.78, 5) is 21.5. The van der Waals surface area contributed by atoms with E-state index in [0.717, 1.165) is 0 Å². The third kappa shape index (κ3) is 2.48. The Morgan fingerprint density at radius 2 is 2.06 bits per heavy atom. The van der Waals surface area contributed by atoms with Gasteiger partial charge in [0.1, 0.15) is 6.10 Å². The van der Waals surface area contributed by atoms with Gasteiger partial charge in [-0.05, 0) is 17.7 Å². The molecular formula is C12H11NO5. The van der Waals surface area contributed by atoms with E-state index in [4.69, 9.17) is 9.47 Å². The number of rotatable bonds is 3. The largest absolute Gasteiger partial charge is 0.469 e. The molecule has 0 aliphatic carbocycles. The van der Waals surface area contributed by atoms with E-state index in [1.807, 2.05) is 0 Å². The van der Waals surface area contributed by atoms with Gasteiger partial charge in [-0.25, -0.2) is 0 Å². The van der Waals surface area contributed by atoms with Gasteiger partial charge in [0.05, 0.1) is 24.5 Å². The topological polar surface area (TPSA) is 78.7 Å². The molecule has 1 aromatic carbocycles. The van der Waals surface area contributed by atoms with Crippen molar-refractivity contribution in [2.24, 2.45) is 0 Å². The van der Waals surface area contributed by atoms with Crippen LogP contribution in [0.5, 0.6) is 0 Å². The molecule has 6 nitrogen and oxygen atoms in total. The molecule has 18 heavy (non-hydrogen) atoms. The van der Waals surface area contributed by atoms with Gasteiger partial charge in [0.15, 0.2) is 5.78 Å². The number of carbonyl (C=O) groups is 1. The number of nitro benzene ring substituents is 1. The number of benzene rings is 1. The molecule has 0 spiro atoms. The molecule has 0 N–H and O–H groups in total. The number of ketones is 1. The van der Waals surface area contributed by atoms with Crippen LogP contribution in [-0.2, 0) is 14.3 Å². The second-order valence-electron chi connectivity index (χ2n) is 3.79. The van der Waals surface area contributed by atoms with Crippen molar-refractivity contribution in [3.8, 4) is 0 Å². The monoisotopic (exact) mass is 249 g/mol. The van der Waals surface area contributed by atoms with Gasteiger partial charge in [-0.3, -0.25) is 14.9 Å². The average Bonchev–Trinajstić information content (AvgIpc) is 2.38. The fourth-order valence-corrected chi connectivity index (χ4v) is 1.69. The van der Waals surface area contributed by atoms with E-state index in [9.17, 15) is 14.9 Å². The van der Waals surface area contributed by atoms with Gasteiger partial charge in [0.2, 0.25) is 0 Å². The van der Waals surface area contributed by atoms with Crippen molar-refractivity contribution in [3.63, 3.8) is 0 Å². The number of non-ortho nitro benzene ring substituents is 1. The standard InChI is InChI=1S/C12H11NO5/c1-17-12-7-10(14)6-11(18-12)8-2-4-9(5-3-8)13(15)16/h2-5,7,11H,6H2,1H3. The summed E-state index contributed by atoms with van der Waals surface area (Å²) in [5, 5.41) is 10.5. The first-order chi connectivity index (χ1) is 8.60. The lowest BCUT2D eigenvalue weighted by molar-refractivity contribution is -0.384. The van der Waals surface area contributed by atoms with Gasteiger partial charge in [0.25, 0.3) is 11.6 Å². The van der Waals surface area contributed by atoms with E-state index in [-0.39, 0.29) is 23.8 Å². The maximum Gasteiger partial charge on any atom is 0.283 e. The van der Waals surface area contributed by atoms with Crippen molar-refractivity contribution in [1.82, 2.24) is 0 Å². The highest BCUT2D eigenvalue weighted by Gasteiger charge is 2.24.